The summed E-state index contributed by atoms with van der Waals surface area (Å²) in [6, 6.07) is 55.6. The summed E-state index contributed by atoms with van der Waals surface area (Å²) in [4.78, 5) is 2.42. The summed E-state index contributed by atoms with van der Waals surface area (Å²) in [6.45, 7) is 9.51. The lowest BCUT2D eigenvalue weighted by Crippen LogP contribution is -2.68. The van der Waals surface area contributed by atoms with Gasteiger partial charge in [0.2, 0.25) is 0 Å². The molecule has 0 aliphatic heterocycles. The Hall–Kier alpha value is -5.73. The van der Waals surface area contributed by atoms with E-state index in [-0.39, 0.29) is 16.6 Å². The first-order valence-electron chi connectivity index (χ1n) is 22.4. The number of fused-ring (bicyclic) bond motifs is 7. The van der Waals surface area contributed by atoms with Crippen LogP contribution in [-0.4, -0.2) is 0 Å². The second-order valence-corrected chi connectivity index (χ2v) is 20.4. The highest BCUT2D eigenvalue weighted by Crippen LogP contribution is 2.86. The Kier molecular flexibility index (Phi) is 6.87. The number of nitrogens with zero attached hydrogens (tertiary/aromatic N) is 1. The summed E-state index contributed by atoms with van der Waals surface area (Å²) in [6.07, 6.45) is 7.40. The normalized spacial score (nSPS) is 26.0. The van der Waals surface area contributed by atoms with Gasteiger partial charge in [-0.2, -0.15) is 0 Å². The van der Waals surface area contributed by atoms with Crippen LogP contribution in [0.1, 0.15) is 87.6 Å². The fourth-order valence-electron chi connectivity index (χ4n) is 14.4. The largest absolute Gasteiger partial charge is 0.310 e. The Morgan fingerprint density at radius 2 is 0.967 bits per heavy atom. The highest BCUT2D eigenvalue weighted by atomic mass is 19.1. The summed E-state index contributed by atoms with van der Waals surface area (Å²) in [5, 5.41) is 0. The molecule has 5 atom stereocenters. The molecule has 2 bridgehead atoms. The number of anilines is 3. The van der Waals surface area contributed by atoms with Crippen molar-refractivity contribution in [1.82, 2.24) is 0 Å². The molecule has 2 heteroatoms. The van der Waals surface area contributed by atoms with Gasteiger partial charge in [0.25, 0.3) is 0 Å². The van der Waals surface area contributed by atoms with Crippen LogP contribution in [0.15, 0.2) is 152 Å². The standard InChI is InChI=1S/C58H50FN/c1-55(2)51-8-6-5-7-47(51)49-25-22-45(30-53(49)55)60(44-20-13-37(14-21-44)36-11-18-43(59)19-12-36)46-23-26-50-48-24-15-39(28-52(48)56(3,4)54(50)31-46)38-9-16-40(17-10-38)57-32-35-27-41-29-42(34-57)58(41,57)33-35/h5-26,28,30-31,35,41-42H,27,29,32-34H2,1-4H3. The van der Waals surface area contributed by atoms with Gasteiger partial charge in [-0.1, -0.05) is 125 Å². The van der Waals surface area contributed by atoms with Crippen molar-refractivity contribution in [1.29, 1.82) is 0 Å². The molecule has 0 saturated heterocycles. The van der Waals surface area contributed by atoms with Gasteiger partial charge in [0.1, 0.15) is 5.82 Å². The Morgan fingerprint density at radius 1 is 0.450 bits per heavy atom. The molecule has 6 aliphatic rings. The van der Waals surface area contributed by atoms with Crippen molar-refractivity contribution in [2.45, 2.75) is 76.0 Å². The minimum absolute atomic E-state index is 0.116. The minimum Gasteiger partial charge on any atom is -0.310 e. The second kappa shape index (κ2) is 11.8. The number of rotatable bonds is 6. The van der Waals surface area contributed by atoms with E-state index in [1.54, 1.807) is 5.56 Å². The molecule has 1 spiro atoms. The maximum Gasteiger partial charge on any atom is 0.123 e. The highest BCUT2D eigenvalue weighted by molar-refractivity contribution is 5.89. The predicted molar refractivity (Wildman–Crippen MR) is 245 cm³/mol. The molecule has 294 valence electrons. The highest BCUT2D eigenvalue weighted by Gasteiger charge is 2.80. The van der Waals surface area contributed by atoms with Crippen molar-refractivity contribution in [3.05, 3.63) is 185 Å². The Bertz CT molecular complexity index is 2940. The number of halogens is 1. The van der Waals surface area contributed by atoms with Gasteiger partial charge in [-0.05, 0) is 182 Å². The Morgan fingerprint density at radius 3 is 1.62 bits per heavy atom. The van der Waals surface area contributed by atoms with Crippen molar-refractivity contribution >= 4 is 17.1 Å². The summed E-state index contributed by atoms with van der Waals surface area (Å²) >= 11 is 0. The fraction of sp³-hybridized carbons (Fsp3) is 0.276. The molecule has 0 amide bonds. The molecule has 0 aromatic heterocycles. The molecule has 6 aliphatic carbocycles. The van der Waals surface area contributed by atoms with Crippen LogP contribution in [0.2, 0.25) is 0 Å². The van der Waals surface area contributed by atoms with Gasteiger partial charge in [-0.3, -0.25) is 0 Å². The van der Waals surface area contributed by atoms with E-state index in [4.69, 9.17) is 0 Å². The molecule has 1 nitrogen and oxygen atoms in total. The molecular weight excluding hydrogens is 730 g/mol. The summed E-state index contributed by atoms with van der Waals surface area (Å²) < 4.78 is 13.8. The smallest absolute Gasteiger partial charge is 0.123 e. The quantitative estimate of drug-likeness (QED) is 0.162. The van der Waals surface area contributed by atoms with E-state index in [1.165, 1.54) is 99.9 Å². The maximum absolute atomic E-state index is 13.8. The molecule has 4 fully saturated rings. The molecule has 13 rings (SSSR count). The monoisotopic (exact) mass is 779 g/mol. The van der Waals surface area contributed by atoms with Crippen LogP contribution in [-0.2, 0) is 16.2 Å². The lowest BCUT2D eigenvalue weighted by Gasteiger charge is -2.73. The number of hydrogen-bond acceptors (Lipinski definition) is 1. The zero-order valence-corrected chi connectivity index (χ0v) is 35.0. The number of hydrogen-bond donors (Lipinski definition) is 0. The van der Waals surface area contributed by atoms with Crippen molar-refractivity contribution in [2.24, 2.45) is 23.2 Å². The van der Waals surface area contributed by atoms with Crippen LogP contribution < -0.4 is 4.90 Å². The van der Waals surface area contributed by atoms with Gasteiger partial charge in [-0.15, -0.1) is 0 Å². The van der Waals surface area contributed by atoms with Gasteiger partial charge >= 0.3 is 0 Å². The van der Waals surface area contributed by atoms with E-state index < -0.39 is 0 Å². The zero-order chi connectivity index (χ0) is 40.3. The van der Waals surface area contributed by atoms with E-state index in [2.05, 4.69) is 160 Å². The van der Waals surface area contributed by atoms with Crippen LogP contribution in [0.4, 0.5) is 21.5 Å². The van der Waals surface area contributed by atoms with Crippen LogP contribution in [0.5, 0.6) is 0 Å². The molecule has 0 heterocycles. The zero-order valence-electron chi connectivity index (χ0n) is 35.0. The van der Waals surface area contributed by atoms with Crippen LogP contribution in [0, 0.1) is 29.0 Å². The molecule has 0 radical (unpaired) electrons. The van der Waals surface area contributed by atoms with E-state index in [0.717, 1.165) is 45.9 Å². The molecule has 7 aromatic carbocycles. The van der Waals surface area contributed by atoms with Gasteiger partial charge in [0.05, 0.1) is 0 Å². The lowest BCUT2D eigenvalue weighted by molar-refractivity contribution is -0.198. The van der Waals surface area contributed by atoms with Gasteiger partial charge in [-0.25, -0.2) is 4.39 Å². The average Bonchev–Trinajstić information content (AvgIpc) is 3.91. The predicted octanol–water partition coefficient (Wildman–Crippen LogP) is 15.3. The maximum atomic E-state index is 13.8. The Labute approximate surface area is 354 Å². The van der Waals surface area contributed by atoms with Crippen molar-refractivity contribution in [2.75, 3.05) is 4.90 Å². The topological polar surface area (TPSA) is 3.24 Å². The first kappa shape index (κ1) is 35.1. The van der Waals surface area contributed by atoms with E-state index in [1.807, 2.05) is 12.1 Å². The minimum atomic E-state index is -0.220. The summed E-state index contributed by atoms with van der Waals surface area (Å²) in [5.41, 5.74) is 21.3. The van der Waals surface area contributed by atoms with Gasteiger partial charge < -0.3 is 4.90 Å². The third kappa shape index (κ3) is 4.42. The van der Waals surface area contributed by atoms with E-state index in [0.29, 0.717) is 10.8 Å². The molecular formula is C58H50FN. The van der Waals surface area contributed by atoms with Crippen LogP contribution in [0.25, 0.3) is 44.5 Å². The first-order chi connectivity index (χ1) is 29.0. The molecule has 0 N–H and O–H groups in total. The van der Waals surface area contributed by atoms with Crippen molar-refractivity contribution in [3.8, 4) is 44.5 Å². The fourth-order valence-corrected chi connectivity index (χ4v) is 14.4. The lowest BCUT2D eigenvalue weighted by atomic mass is 9.31. The van der Waals surface area contributed by atoms with Gasteiger partial charge in [0.15, 0.2) is 0 Å². The Balaban J connectivity index is 0.870. The molecule has 5 unspecified atom stereocenters. The summed E-state index contributed by atoms with van der Waals surface area (Å²) in [5.74, 6) is 2.77. The molecule has 60 heavy (non-hydrogen) atoms. The van der Waals surface area contributed by atoms with Crippen LogP contribution in [0.3, 0.4) is 0 Å². The van der Waals surface area contributed by atoms with Crippen molar-refractivity contribution < 1.29 is 4.39 Å². The van der Waals surface area contributed by atoms with Crippen molar-refractivity contribution in [3.63, 3.8) is 0 Å². The van der Waals surface area contributed by atoms with Crippen LogP contribution >= 0.6 is 0 Å². The molecule has 7 aromatic rings. The SMILES string of the molecule is CC1(C)c2ccccc2-c2ccc(N(c3ccc(-c4ccc(F)cc4)cc3)c3ccc4c(c3)C(C)(C)c3cc(-c5ccc(C67CC8CC9CC(C6)C97C8)cc5)ccc3-4)cc21. The second-order valence-electron chi connectivity index (χ2n) is 20.4. The van der Waals surface area contributed by atoms with Gasteiger partial charge in [0, 0.05) is 33.3 Å². The first-order valence-corrected chi connectivity index (χ1v) is 22.4. The average molecular weight is 780 g/mol. The third-order valence-electron chi connectivity index (χ3n) is 17.2. The third-order valence-corrected chi connectivity index (χ3v) is 17.2. The number of benzene rings is 7. The van der Waals surface area contributed by atoms with E-state index in [9.17, 15) is 4.39 Å². The van der Waals surface area contributed by atoms with E-state index >= 15 is 0 Å². The summed E-state index contributed by atoms with van der Waals surface area (Å²) in [7, 11) is 0. The molecule has 4 saturated carbocycles.